The number of carbonyl (C=O) groups excluding carboxylic acids is 1. The molecule has 2 atom stereocenters. The number of hydrogen-bond acceptors (Lipinski definition) is 3. The van der Waals surface area contributed by atoms with Gasteiger partial charge < -0.3 is 10.2 Å². The molecule has 0 saturated carbocycles. The Hall–Kier alpha value is -1.53. The van der Waals surface area contributed by atoms with E-state index in [1.807, 2.05) is 0 Å². The van der Waals surface area contributed by atoms with Crippen LogP contribution in [0.15, 0.2) is 18.2 Å². The topological polar surface area (TPSA) is 74.6 Å². The summed E-state index contributed by atoms with van der Waals surface area (Å²) in [4.78, 5) is 21.8. The summed E-state index contributed by atoms with van der Waals surface area (Å²) in [5, 5.41) is 17.0. The summed E-state index contributed by atoms with van der Waals surface area (Å²) in [7, 11) is 0. The van der Waals surface area contributed by atoms with E-state index in [4.69, 9.17) is 16.7 Å². The predicted octanol–water partition coefficient (Wildman–Crippen LogP) is 2.61. The summed E-state index contributed by atoms with van der Waals surface area (Å²) in [6.45, 7) is 1.21. The van der Waals surface area contributed by atoms with Crippen molar-refractivity contribution in [3.05, 3.63) is 34.9 Å². The lowest BCUT2D eigenvalue weighted by atomic mass is 9.97. The molecule has 4 nitrogen and oxygen atoms in total. The van der Waals surface area contributed by atoms with Crippen molar-refractivity contribution in [2.24, 2.45) is 0 Å². The van der Waals surface area contributed by atoms with Crippen LogP contribution in [0.4, 0.5) is 8.78 Å². The monoisotopic (exact) mass is 292 g/mol. The van der Waals surface area contributed by atoms with Crippen LogP contribution in [0.3, 0.4) is 0 Å². The highest BCUT2D eigenvalue weighted by Gasteiger charge is 2.25. The van der Waals surface area contributed by atoms with E-state index >= 15 is 0 Å². The molecule has 0 radical (unpaired) electrons. The van der Waals surface area contributed by atoms with Crippen LogP contribution >= 0.6 is 11.6 Å². The number of Topliss-reactive ketones (excluding diaryl/α,β-unsaturated/α-hetero) is 1. The SMILES string of the molecule is CC(=O)C(Cl)c1ccc(C(F)F)c(C(O)C(=O)O)c1. The number of aliphatic carboxylic acids is 1. The number of aliphatic hydroxyl groups excluding tert-OH is 1. The predicted molar refractivity (Wildman–Crippen MR) is 63.3 cm³/mol. The second-order valence-corrected chi connectivity index (χ2v) is 4.34. The van der Waals surface area contributed by atoms with Crippen LogP contribution in [0.2, 0.25) is 0 Å². The highest BCUT2D eigenvalue weighted by molar-refractivity contribution is 6.30. The van der Waals surface area contributed by atoms with Gasteiger partial charge in [0.1, 0.15) is 5.38 Å². The third-order valence-electron chi connectivity index (χ3n) is 2.52. The van der Waals surface area contributed by atoms with Crippen LogP contribution in [-0.2, 0) is 9.59 Å². The largest absolute Gasteiger partial charge is 0.479 e. The van der Waals surface area contributed by atoms with E-state index in [2.05, 4.69) is 0 Å². The molecule has 1 rings (SSSR count). The van der Waals surface area contributed by atoms with Crippen molar-refractivity contribution >= 4 is 23.4 Å². The summed E-state index contributed by atoms with van der Waals surface area (Å²) in [5.74, 6) is -2.07. The molecule has 0 amide bonds. The Labute approximate surface area is 112 Å². The van der Waals surface area contributed by atoms with Crippen molar-refractivity contribution in [3.63, 3.8) is 0 Å². The van der Waals surface area contributed by atoms with Gasteiger partial charge in [0.05, 0.1) is 0 Å². The number of rotatable bonds is 5. The van der Waals surface area contributed by atoms with Crippen LogP contribution < -0.4 is 0 Å². The first-order valence-corrected chi connectivity index (χ1v) is 5.66. The van der Waals surface area contributed by atoms with Crippen LogP contribution in [0.5, 0.6) is 0 Å². The van der Waals surface area contributed by atoms with Crippen molar-refractivity contribution in [1.82, 2.24) is 0 Å². The molecule has 0 spiro atoms. The lowest BCUT2D eigenvalue weighted by molar-refractivity contribution is -0.147. The van der Waals surface area contributed by atoms with Gasteiger partial charge in [0.15, 0.2) is 11.9 Å². The van der Waals surface area contributed by atoms with Gasteiger partial charge in [-0.05, 0) is 12.5 Å². The van der Waals surface area contributed by atoms with E-state index in [1.54, 1.807) is 0 Å². The first kappa shape index (κ1) is 15.5. The maximum Gasteiger partial charge on any atom is 0.337 e. The Kier molecular flexibility index (Phi) is 4.97. The first-order valence-electron chi connectivity index (χ1n) is 5.23. The maximum absolute atomic E-state index is 12.7. The maximum atomic E-state index is 12.7. The molecule has 0 aromatic heterocycles. The number of carboxylic acid groups (broad SMARTS) is 1. The fourth-order valence-electron chi connectivity index (χ4n) is 1.55. The van der Waals surface area contributed by atoms with E-state index in [1.165, 1.54) is 13.0 Å². The second kappa shape index (κ2) is 6.08. The normalized spacial score (nSPS) is 14.2. The molecule has 104 valence electrons. The average Bonchev–Trinajstić information content (AvgIpc) is 2.35. The fourth-order valence-corrected chi connectivity index (χ4v) is 1.69. The van der Waals surface area contributed by atoms with Crippen LogP contribution in [0.1, 0.15) is 41.5 Å². The van der Waals surface area contributed by atoms with Gasteiger partial charge in [0, 0.05) is 11.1 Å². The van der Waals surface area contributed by atoms with Gasteiger partial charge in [-0.3, -0.25) is 4.79 Å². The number of carbonyl (C=O) groups is 2. The highest BCUT2D eigenvalue weighted by atomic mass is 35.5. The molecule has 0 fully saturated rings. The number of carboxylic acids is 1. The number of halogens is 3. The minimum absolute atomic E-state index is 0.161. The molecule has 7 heteroatoms. The third-order valence-corrected chi connectivity index (χ3v) is 3.08. The van der Waals surface area contributed by atoms with Gasteiger partial charge in [-0.2, -0.15) is 0 Å². The lowest BCUT2D eigenvalue weighted by Gasteiger charge is -2.15. The molecule has 1 aromatic rings. The quantitative estimate of drug-likeness (QED) is 0.818. The van der Waals surface area contributed by atoms with E-state index in [0.717, 1.165) is 12.1 Å². The zero-order chi connectivity index (χ0) is 14.7. The van der Waals surface area contributed by atoms with Gasteiger partial charge in [0.25, 0.3) is 6.43 Å². The minimum Gasteiger partial charge on any atom is -0.479 e. The first-order chi connectivity index (χ1) is 8.75. The Bertz CT molecular complexity index is 505. The van der Waals surface area contributed by atoms with E-state index in [-0.39, 0.29) is 5.56 Å². The molecule has 0 aliphatic rings. The molecule has 0 heterocycles. The Morgan fingerprint density at radius 1 is 1.26 bits per heavy atom. The van der Waals surface area contributed by atoms with E-state index < -0.39 is 40.8 Å². The lowest BCUT2D eigenvalue weighted by Crippen LogP contribution is -2.14. The highest BCUT2D eigenvalue weighted by Crippen LogP contribution is 2.32. The third kappa shape index (κ3) is 3.48. The molecular formula is C12H11ClF2O4. The van der Waals surface area contributed by atoms with Gasteiger partial charge in [-0.15, -0.1) is 11.6 Å². The molecule has 0 bridgehead atoms. The van der Waals surface area contributed by atoms with Crippen molar-refractivity contribution < 1.29 is 28.6 Å². The van der Waals surface area contributed by atoms with Gasteiger partial charge in [-0.1, -0.05) is 18.2 Å². The summed E-state index contributed by atoms with van der Waals surface area (Å²) >= 11 is 5.76. The molecule has 0 aliphatic carbocycles. The minimum atomic E-state index is -2.94. The van der Waals surface area contributed by atoms with Gasteiger partial charge >= 0.3 is 5.97 Å². The molecule has 0 aliphatic heterocycles. The number of aliphatic hydroxyl groups is 1. The molecule has 2 unspecified atom stereocenters. The summed E-state index contributed by atoms with van der Waals surface area (Å²) in [6.07, 6.45) is -5.04. The Morgan fingerprint density at radius 2 is 1.84 bits per heavy atom. The Balaban J connectivity index is 3.33. The standard InChI is InChI=1S/C12H11ClF2O4/c1-5(16)9(13)6-2-3-7(11(14)15)8(4-6)10(17)12(18)19/h2-4,9-11,17H,1H3,(H,18,19). The summed E-state index contributed by atoms with van der Waals surface area (Å²) in [5.41, 5.74) is -0.910. The molecule has 19 heavy (non-hydrogen) atoms. The molecule has 2 N–H and O–H groups in total. The van der Waals surface area contributed by atoms with E-state index in [9.17, 15) is 23.5 Å². The van der Waals surface area contributed by atoms with Gasteiger partial charge in [0.2, 0.25) is 0 Å². The number of alkyl halides is 3. The van der Waals surface area contributed by atoms with Crippen LogP contribution in [-0.4, -0.2) is 22.0 Å². The number of benzene rings is 1. The smallest absolute Gasteiger partial charge is 0.337 e. The Morgan fingerprint density at radius 3 is 2.26 bits per heavy atom. The van der Waals surface area contributed by atoms with E-state index in [0.29, 0.717) is 0 Å². The molecule has 1 aromatic carbocycles. The summed E-state index contributed by atoms with van der Waals surface area (Å²) < 4.78 is 25.5. The number of hydrogen-bond donors (Lipinski definition) is 2. The molecule has 0 saturated heterocycles. The van der Waals surface area contributed by atoms with Crippen molar-refractivity contribution in [2.45, 2.75) is 24.8 Å². The second-order valence-electron chi connectivity index (χ2n) is 3.90. The fraction of sp³-hybridized carbons (Fsp3) is 0.333. The molecular weight excluding hydrogens is 282 g/mol. The number of ketones is 1. The van der Waals surface area contributed by atoms with Crippen molar-refractivity contribution in [2.75, 3.05) is 0 Å². The van der Waals surface area contributed by atoms with Crippen molar-refractivity contribution in [3.8, 4) is 0 Å². The van der Waals surface area contributed by atoms with Gasteiger partial charge in [-0.25, -0.2) is 13.6 Å². The van der Waals surface area contributed by atoms with Crippen molar-refractivity contribution in [1.29, 1.82) is 0 Å². The zero-order valence-electron chi connectivity index (χ0n) is 9.81. The van der Waals surface area contributed by atoms with Crippen LogP contribution in [0.25, 0.3) is 0 Å². The average molecular weight is 293 g/mol. The van der Waals surface area contributed by atoms with Crippen LogP contribution in [0, 0.1) is 0 Å². The zero-order valence-corrected chi connectivity index (χ0v) is 10.6. The summed E-state index contributed by atoms with van der Waals surface area (Å²) in [6, 6.07) is 3.18.